The molecule has 0 amide bonds. The van der Waals surface area contributed by atoms with Crippen molar-refractivity contribution in [2.75, 3.05) is 26.3 Å². The van der Waals surface area contributed by atoms with Gasteiger partial charge in [0.15, 0.2) is 11.5 Å². The molecule has 128 valence electrons. The molecule has 0 aromatic heterocycles. The predicted octanol–water partition coefficient (Wildman–Crippen LogP) is 1.46. The van der Waals surface area contributed by atoms with Crippen molar-refractivity contribution in [3.63, 3.8) is 0 Å². The third kappa shape index (κ3) is 3.46. The SMILES string of the molecule is CC1CN(C(C)C)CC1NS(=O)(=O)c1ccc2c(c1)OCCO2. The molecule has 1 fully saturated rings. The quantitative estimate of drug-likeness (QED) is 0.899. The lowest BCUT2D eigenvalue weighted by atomic mass is 10.1. The number of hydrogen-bond donors (Lipinski definition) is 1. The van der Waals surface area contributed by atoms with Gasteiger partial charge >= 0.3 is 0 Å². The highest BCUT2D eigenvalue weighted by atomic mass is 32.2. The Labute approximate surface area is 137 Å². The Balaban J connectivity index is 1.77. The van der Waals surface area contributed by atoms with Crippen LogP contribution in [0.2, 0.25) is 0 Å². The topological polar surface area (TPSA) is 67.9 Å². The average molecular weight is 340 g/mol. The summed E-state index contributed by atoms with van der Waals surface area (Å²) in [6.07, 6.45) is 0. The minimum atomic E-state index is -3.57. The molecule has 2 unspecified atom stereocenters. The van der Waals surface area contributed by atoms with Crippen molar-refractivity contribution in [3.05, 3.63) is 18.2 Å². The first-order chi connectivity index (χ1) is 10.9. The Bertz CT molecular complexity index is 675. The maximum Gasteiger partial charge on any atom is 0.241 e. The number of likely N-dealkylation sites (tertiary alicyclic amines) is 1. The monoisotopic (exact) mass is 340 g/mol. The largest absolute Gasteiger partial charge is 0.486 e. The summed E-state index contributed by atoms with van der Waals surface area (Å²) in [4.78, 5) is 2.51. The fraction of sp³-hybridized carbons (Fsp3) is 0.625. The van der Waals surface area contributed by atoms with E-state index in [1.165, 1.54) is 6.07 Å². The molecule has 7 heteroatoms. The van der Waals surface area contributed by atoms with Crippen molar-refractivity contribution in [1.29, 1.82) is 0 Å². The van der Waals surface area contributed by atoms with Crippen LogP contribution >= 0.6 is 0 Å². The normalized spacial score (nSPS) is 25.0. The molecule has 0 bridgehead atoms. The minimum absolute atomic E-state index is 0.0735. The fourth-order valence-corrected chi connectivity index (χ4v) is 4.39. The molecule has 1 saturated heterocycles. The minimum Gasteiger partial charge on any atom is -0.486 e. The van der Waals surface area contributed by atoms with Gasteiger partial charge in [-0.1, -0.05) is 6.92 Å². The molecule has 1 aromatic carbocycles. The van der Waals surface area contributed by atoms with E-state index in [0.717, 1.165) is 13.1 Å². The van der Waals surface area contributed by atoms with Gasteiger partial charge < -0.3 is 9.47 Å². The van der Waals surface area contributed by atoms with Crippen LogP contribution in [0.15, 0.2) is 23.1 Å². The third-order valence-electron chi connectivity index (χ3n) is 4.50. The summed E-state index contributed by atoms with van der Waals surface area (Å²) in [5, 5.41) is 0. The zero-order chi connectivity index (χ0) is 16.6. The van der Waals surface area contributed by atoms with E-state index in [1.54, 1.807) is 12.1 Å². The molecular weight excluding hydrogens is 316 g/mol. The van der Waals surface area contributed by atoms with Crippen molar-refractivity contribution in [2.45, 2.75) is 37.8 Å². The summed E-state index contributed by atoms with van der Waals surface area (Å²) in [5.41, 5.74) is 0. The Kier molecular flexibility index (Phi) is 4.53. The van der Waals surface area contributed by atoms with Crippen LogP contribution in [0.1, 0.15) is 20.8 Å². The molecule has 2 aliphatic heterocycles. The van der Waals surface area contributed by atoms with E-state index in [1.807, 2.05) is 0 Å². The van der Waals surface area contributed by atoms with Crippen LogP contribution in [0.3, 0.4) is 0 Å². The van der Waals surface area contributed by atoms with Gasteiger partial charge in [-0.05, 0) is 31.9 Å². The summed E-state index contributed by atoms with van der Waals surface area (Å²) < 4.78 is 39.1. The van der Waals surface area contributed by atoms with Gasteiger partial charge in [-0.15, -0.1) is 0 Å². The number of nitrogens with zero attached hydrogens (tertiary/aromatic N) is 1. The van der Waals surface area contributed by atoms with Gasteiger partial charge in [-0.3, -0.25) is 4.90 Å². The van der Waals surface area contributed by atoms with Crippen molar-refractivity contribution < 1.29 is 17.9 Å². The molecule has 2 heterocycles. The van der Waals surface area contributed by atoms with Gasteiger partial charge in [0.2, 0.25) is 10.0 Å². The van der Waals surface area contributed by atoms with Crippen molar-refractivity contribution in [1.82, 2.24) is 9.62 Å². The van der Waals surface area contributed by atoms with Crippen LogP contribution in [0.4, 0.5) is 0 Å². The smallest absolute Gasteiger partial charge is 0.241 e. The first kappa shape index (κ1) is 16.5. The summed E-state index contributed by atoms with van der Waals surface area (Å²) in [6.45, 7) is 8.91. The summed E-state index contributed by atoms with van der Waals surface area (Å²) >= 11 is 0. The van der Waals surface area contributed by atoms with E-state index in [4.69, 9.17) is 9.47 Å². The van der Waals surface area contributed by atoms with Gasteiger partial charge in [0.05, 0.1) is 4.90 Å². The second-order valence-electron chi connectivity index (χ2n) is 6.56. The van der Waals surface area contributed by atoms with E-state index in [9.17, 15) is 8.42 Å². The number of ether oxygens (including phenoxy) is 2. The molecule has 1 aromatic rings. The van der Waals surface area contributed by atoms with Gasteiger partial charge in [-0.25, -0.2) is 13.1 Å². The van der Waals surface area contributed by atoms with Crippen molar-refractivity contribution >= 4 is 10.0 Å². The maximum absolute atomic E-state index is 12.7. The predicted molar refractivity (Wildman–Crippen MR) is 87.4 cm³/mol. The molecule has 2 aliphatic rings. The number of hydrogen-bond acceptors (Lipinski definition) is 5. The molecule has 2 atom stereocenters. The summed E-state index contributed by atoms with van der Waals surface area (Å²) in [5.74, 6) is 1.36. The molecule has 1 N–H and O–H groups in total. The van der Waals surface area contributed by atoms with E-state index in [2.05, 4.69) is 30.4 Å². The van der Waals surface area contributed by atoms with Crippen molar-refractivity contribution in [3.8, 4) is 11.5 Å². The summed E-state index contributed by atoms with van der Waals surface area (Å²) in [7, 11) is -3.57. The van der Waals surface area contributed by atoms with Gasteiger partial charge in [0.25, 0.3) is 0 Å². The van der Waals surface area contributed by atoms with Gasteiger partial charge in [0, 0.05) is 31.2 Å². The van der Waals surface area contributed by atoms with Crippen LogP contribution in [0, 0.1) is 5.92 Å². The number of benzene rings is 1. The van der Waals surface area contributed by atoms with Gasteiger partial charge in [0.1, 0.15) is 13.2 Å². The Morgan fingerprint density at radius 1 is 1.17 bits per heavy atom. The molecule has 23 heavy (non-hydrogen) atoms. The average Bonchev–Trinajstić information content (AvgIpc) is 2.87. The second-order valence-corrected chi connectivity index (χ2v) is 8.27. The lowest BCUT2D eigenvalue weighted by Crippen LogP contribution is -2.40. The Morgan fingerprint density at radius 3 is 2.52 bits per heavy atom. The lowest BCUT2D eigenvalue weighted by molar-refractivity contribution is 0.171. The Morgan fingerprint density at radius 2 is 1.87 bits per heavy atom. The fourth-order valence-electron chi connectivity index (χ4n) is 3.04. The van der Waals surface area contributed by atoms with Crippen LogP contribution in [0.25, 0.3) is 0 Å². The number of rotatable bonds is 4. The first-order valence-electron chi connectivity index (χ1n) is 8.03. The van der Waals surface area contributed by atoms with E-state index < -0.39 is 10.0 Å². The molecule has 0 spiro atoms. The molecule has 0 aliphatic carbocycles. The molecular formula is C16H24N2O4S. The molecule has 6 nitrogen and oxygen atoms in total. The highest BCUT2D eigenvalue weighted by Gasteiger charge is 2.34. The van der Waals surface area contributed by atoms with Gasteiger partial charge in [-0.2, -0.15) is 0 Å². The van der Waals surface area contributed by atoms with Crippen LogP contribution in [-0.2, 0) is 10.0 Å². The van der Waals surface area contributed by atoms with E-state index in [0.29, 0.717) is 30.8 Å². The number of nitrogens with one attached hydrogen (secondary N) is 1. The molecule has 0 radical (unpaired) electrons. The number of fused-ring (bicyclic) bond motifs is 1. The Hall–Kier alpha value is -1.31. The third-order valence-corrected chi connectivity index (χ3v) is 5.99. The standard InChI is InChI=1S/C16H24N2O4S/c1-11(2)18-9-12(3)14(10-18)17-23(19,20)13-4-5-15-16(8-13)22-7-6-21-15/h4-5,8,11-12,14,17H,6-7,9-10H2,1-3H3. The van der Waals surface area contributed by atoms with Crippen molar-refractivity contribution in [2.24, 2.45) is 5.92 Å². The molecule has 3 rings (SSSR count). The van der Waals surface area contributed by atoms with E-state index in [-0.39, 0.29) is 16.9 Å². The highest BCUT2D eigenvalue weighted by molar-refractivity contribution is 7.89. The van der Waals surface area contributed by atoms with Crippen LogP contribution in [0.5, 0.6) is 11.5 Å². The van der Waals surface area contributed by atoms with Crippen LogP contribution < -0.4 is 14.2 Å². The molecule has 0 saturated carbocycles. The second kappa shape index (κ2) is 6.30. The highest BCUT2D eigenvalue weighted by Crippen LogP contribution is 2.32. The maximum atomic E-state index is 12.7. The zero-order valence-electron chi connectivity index (χ0n) is 13.8. The lowest BCUT2D eigenvalue weighted by Gasteiger charge is -2.21. The first-order valence-corrected chi connectivity index (χ1v) is 9.51. The summed E-state index contributed by atoms with van der Waals surface area (Å²) in [6, 6.07) is 5.10. The van der Waals surface area contributed by atoms with E-state index >= 15 is 0 Å². The zero-order valence-corrected chi connectivity index (χ0v) is 14.6. The number of sulfonamides is 1. The van der Waals surface area contributed by atoms with Crippen LogP contribution in [-0.4, -0.2) is 51.7 Å².